The molecule has 116 valence electrons. The predicted octanol–water partition coefficient (Wildman–Crippen LogP) is 2.21. The number of benzene rings is 2. The standard InChI is InChI=1S/C19H18N2O2/c20-12-14-4-3-7-16(10-14)18(22)21-13-19(23)9-8-15-5-1-2-6-17(15)11-19/h1-7,10,23H,8-9,11,13H2,(H,21,22). The summed E-state index contributed by atoms with van der Waals surface area (Å²) in [4.78, 5) is 12.2. The Morgan fingerprint density at radius 2 is 2.00 bits per heavy atom. The molecule has 0 saturated carbocycles. The molecule has 3 rings (SSSR count). The monoisotopic (exact) mass is 306 g/mol. The van der Waals surface area contributed by atoms with Gasteiger partial charge in [-0.1, -0.05) is 30.3 Å². The summed E-state index contributed by atoms with van der Waals surface area (Å²) in [7, 11) is 0. The zero-order valence-corrected chi connectivity index (χ0v) is 12.7. The van der Waals surface area contributed by atoms with Gasteiger partial charge in [0.1, 0.15) is 0 Å². The number of hydrogen-bond donors (Lipinski definition) is 2. The third kappa shape index (κ3) is 3.41. The Labute approximate surface area is 135 Å². The molecule has 0 radical (unpaired) electrons. The molecule has 1 amide bonds. The molecule has 0 heterocycles. The molecule has 0 fully saturated rings. The van der Waals surface area contributed by atoms with E-state index in [1.165, 1.54) is 5.56 Å². The molecule has 4 heteroatoms. The number of aliphatic hydroxyl groups is 1. The van der Waals surface area contributed by atoms with E-state index in [2.05, 4.69) is 11.4 Å². The highest BCUT2D eigenvalue weighted by Crippen LogP contribution is 2.28. The van der Waals surface area contributed by atoms with E-state index >= 15 is 0 Å². The number of nitrogens with one attached hydrogen (secondary N) is 1. The number of hydrogen-bond acceptors (Lipinski definition) is 3. The Kier molecular flexibility index (Phi) is 4.14. The van der Waals surface area contributed by atoms with Gasteiger partial charge in [0.2, 0.25) is 0 Å². The molecule has 2 aromatic carbocycles. The topological polar surface area (TPSA) is 73.1 Å². The number of rotatable bonds is 3. The largest absolute Gasteiger partial charge is 0.388 e. The van der Waals surface area contributed by atoms with Crippen molar-refractivity contribution in [2.45, 2.75) is 24.9 Å². The van der Waals surface area contributed by atoms with E-state index in [1.807, 2.05) is 24.3 Å². The summed E-state index contributed by atoms with van der Waals surface area (Å²) in [5.74, 6) is -0.269. The lowest BCUT2D eigenvalue weighted by Crippen LogP contribution is -2.46. The number of amides is 1. The van der Waals surface area contributed by atoms with Crippen LogP contribution < -0.4 is 5.32 Å². The summed E-state index contributed by atoms with van der Waals surface area (Å²) in [6, 6.07) is 16.7. The fourth-order valence-corrected chi connectivity index (χ4v) is 3.01. The van der Waals surface area contributed by atoms with E-state index in [-0.39, 0.29) is 12.5 Å². The Hall–Kier alpha value is -2.64. The maximum atomic E-state index is 12.2. The lowest BCUT2D eigenvalue weighted by atomic mass is 9.80. The Bertz CT molecular complexity index is 779. The third-order valence-corrected chi connectivity index (χ3v) is 4.33. The minimum Gasteiger partial charge on any atom is -0.388 e. The Balaban J connectivity index is 1.66. The second kappa shape index (κ2) is 6.23. The van der Waals surface area contributed by atoms with E-state index in [0.29, 0.717) is 24.0 Å². The van der Waals surface area contributed by atoms with Crippen molar-refractivity contribution < 1.29 is 9.90 Å². The van der Waals surface area contributed by atoms with Crippen molar-refractivity contribution in [3.63, 3.8) is 0 Å². The van der Waals surface area contributed by atoms with Gasteiger partial charge in [-0.15, -0.1) is 0 Å². The van der Waals surface area contributed by atoms with Gasteiger partial charge in [-0.3, -0.25) is 4.79 Å². The molecule has 1 unspecified atom stereocenters. The molecule has 2 N–H and O–H groups in total. The number of fused-ring (bicyclic) bond motifs is 1. The van der Waals surface area contributed by atoms with Crippen LogP contribution >= 0.6 is 0 Å². The van der Waals surface area contributed by atoms with Crippen LogP contribution in [0.5, 0.6) is 0 Å². The molecule has 0 aliphatic heterocycles. The minimum absolute atomic E-state index is 0.205. The van der Waals surface area contributed by atoms with Crippen molar-refractivity contribution >= 4 is 5.91 Å². The van der Waals surface area contributed by atoms with Crippen LogP contribution in [-0.4, -0.2) is 23.2 Å². The summed E-state index contributed by atoms with van der Waals surface area (Å²) in [5, 5.41) is 22.4. The van der Waals surface area contributed by atoms with E-state index in [9.17, 15) is 9.90 Å². The molecule has 1 atom stereocenters. The maximum absolute atomic E-state index is 12.2. The first-order chi connectivity index (χ1) is 11.1. The van der Waals surface area contributed by atoms with Crippen LogP contribution in [0.15, 0.2) is 48.5 Å². The first-order valence-corrected chi connectivity index (χ1v) is 7.67. The number of carbonyl (C=O) groups is 1. The van der Waals surface area contributed by atoms with Crippen molar-refractivity contribution in [3.05, 3.63) is 70.8 Å². The van der Waals surface area contributed by atoms with Gasteiger partial charge in [-0.25, -0.2) is 0 Å². The lowest BCUT2D eigenvalue weighted by Gasteiger charge is -2.33. The minimum atomic E-state index is -0.920. The van der Waals surface area contributed by atoms with Crippen LogP contribution in [0.2, 0.25) is 0 Å². The van der Waals surface area contributed by atoms with E-state index in [0.717, 1.165) is 12.0 Å². The molecule has 0 aromatic heterocycles. The fourth-order valence-electron chi connectivity index (χ4n) is 3.01. The average molecular weight is 306 g/mol. The van der Waals surface area contributed by atoms with E-state index in [4.69, 9.17) is 5.26 Å². The van der Waals surface area contributed by atoms with Crippen LogP contribution in [0.1, 0.15) is 33.5 Å². The van der Waals surface area contributed by atoms with Crippen LogP contribution in [0.3, 0.4) is 0 Å². The molecule has 0 spiro atoms. The highest BCUT2D eigenvalue weighted by Gasteiger charge is 2.32. The molecule has 1 aliphatic rings. The van der Waals surface area contributed by atoms with Crippen LogP contribution in [-0.2, 0) is 12.8 Å². The van der Waals surface area contributed by atoms with Gasteiger partial charge in [0.15, 0.2) is 0 Å². The summed E-state index contributed by atoms with van der Waals surface area (Å²) in [6.45, 7) is 0.205. The SMILES string of the molecule is N#Cc1cccc(C(=O)NCC2(O)CCc3ccccc3C2)c1. The summed E-state index contributed by atoms with van der Waals surface area (Å²) in [5.41, 5.74) is 2.37. The number of carbonyl (C=O) groups excluding carboxylic acids is 1. The molecular formula is C19H18N2O2. The molecular weight excluding hydrogens is 288 g/mol. The summed E-state index contributed by atoms with van der Waals surface area (Å²) in [6.07, 6.45) is 1.98. The smallest absolute Gasteiger partial charge is 0.251 e. The molecule has 1 aliphatic carbocycles. The van der Waals surface area contributed by atoms with Gasteiger partial charge in [-0.2, -0.15) is 5.26 Å². The van der Waals surface area contributed by atoms with Crippen molar-refractivity contribution in [3.8, 4) is 6.07 Å². The second-order valence-electron chi connectivity index (χ2n) is 6.05. The average Bonchev–Trinajstić information content (AvgIpc) is 2.59. The van der Waals surface area contributed by atoms with Crippen molar-refractivity contribution in [2.24, 2.45) is 0 Å². The highest BCUT2D eigenvalue weighted by molar-refractivity contribution is 5.94. The molecule has 0 saturated heterocycles. The number of aryl methyl sites for hydroxylation is 1. The molecule has 0 bridgehead atoms. The first-order valence-electron chi connectivity index (χ1n) is 7.67. The highest BCUT2D eigenvalue weighted by atomic mass is 16.3. The number of nitrogens with zero attached hydrogens (tertiary/aromatic N) is 1. The van der Waals surface area contributed by atoms with Gasteiger partial charge in [-0.05, 0) is 42.2 Å². The molecule has 23 heavy (non-hydrogen) atoms. The van der Waals surface area contributed by atoms with E-state index in [1.54, 1.807) is 24.3 Å². The van der Waals surface area contributed by atoms with E-state index < -0.39 is 5.60 Å². The van der Waals surface area contributed by atoms with Crippen LogP contribution in [0.4, 0.5) is 0 Å². The van der Waals surface area contributed by atoms with Gasteiger partial charge < -0.3 is 10.4 Å². The van der Waals surface area contributed by atoms with Crippen LogP contribution in [0, 0.1) is 11.3 Å². The molecule has 2 aromatic rings. The quantitative estimate of drug-likeness (QED) is 0.913. The van der Waals surface area contributed by atoms with Gasteiger partial charge in [0.25, 0.3) is 5.91 Å². The molecule has 4 nitrogen and oxygen atoms in total. The number of nitriles is 1. The maximum Gasteiger partial charge on any atom is 0.251 e. The first kappa shape index (κ1) is 15.3. The predicted molar refractivity (Wildman–Crippen MR) is 86.9 cm³/mol. The fraction of sp³-hybridized carbons (Fsp3) is 0.263. The van der Waals surface area contributed by atoms with Crippen molar-refractivity contribution in [1.29, 1.82) is 5.26 Å². The van der Waals surface area contributed by atoms with Crippen molar-refractivity contribution in [1.82, 2.24) is 5.32 Å². The Morgan fingerprint density at radius 3 is 2.78 bits per heavy atom. The zero-order chi connectivity index (χ0) is 16.3. The zero-order valence-electron chi connectivity index (χ0n) is 12.7. The third-order valence-electron chi connectivity index (χ3n) is 4.33. The van der Waals surface area contributed by atoms with Gasteiger partial charge in [0, 0.05) is 18.5 Å². The van der Waals surface area contributed by atoms with Crippen LogP contribution in [0.25, 0.3) is 0 Å². The summed E-state index contributed by atoms with van der Waals surface area (Å²) >= 11 is 0. The lowest BCUT2D eigenvalue weighted by molar-refractivity contribution is 0.0260. The van der Waals surface area contributed by atoms with Gasteiger partial charge >= 0.3 is 0 Å². The normalized spacial score (nSPS) is 19.5. The summed E-state index contributed by atoms with van der Waals surface area (Å²) < 4.78 is 0. The van der Waals surface area contributed by atoms with Gasteiger partial charge in [0.05, 0.1) is 17.2 Å². The Morgan fingerprint density at radius 1 is 1.22 bits per heavy atom. The second-order valence-corrected chi connectivity index (χ2v) is 6.05. The van der Waals surface area contributed by atoms with Crippen molar-refractivity contribution in [2.75, 3.05) is 6.54 Å².